The van der Waals surface area contributed by atoms with Crippen molar-refractivity contribution >= 4 is 0 Å². The van der Waals surface area contributed by atoms with E-state index < -0.39 is 0 Å². The van der Waals surface area contributed by atoms with E-state index in [0.29, 0.717) is 23.3 Å². The van der Waals surface area contributed by atoms with Gasteiger partial charge in [-0.2, -0.15) is 0 Å². The van der Waals surface area contributed by atoms with E-state index in [0.717, 1.165) is 17.5 Å². The normalized spacial score (nSPS) is 10.5. The fourth-order valence-electron chi connectivity index (χ4n) is 2.59. The molecule has 0 amide bonds. The summed E-state index contributed by atoms with van der Waals surface area (Å²) in [5.74, 6) is 0.566. The van der Waals surface area contributed by atoms with Crippen LogP contribution in [0.3, 0.4) is 0 Å². The summed E-state index contributed by atoms with van der Waals surface area (Å²) in [4.78, 5) is 0. The van der Waals surface area contributed by atoms with Crippen molar-refractivity contribution in [3.63, 3.8) is 0 Å². The Morgan fingerprint density at radius 1 is 0.909 bits per heavy atom. The maximum atomic E-state index is 10.7. The molecule has 2 aromatic carbocycles. The second-order valence-electron chi connectivity index (χ2n) is 5.23. The molecule has 0 aliphatic heterocycles. The summed E-state index contributed by atoms with van der Waals surface area (Å²) in [5, 5.41) is 21.0. The van der Waals surface area contributed by atoms with Crippen LogP contribution in [-0.2, 0) is 6.42 Å². The van der Waals surface area contributed by atoms with E-state index in [-0.39, 0.29) is 17.2 Å². The van der Waals surface area contributed by atoms with E-state index in [1.165, 1.54) is 14.2 Å². The van der Waals surface area contributed by atoms with Gasteiger partial charge >= 0.3 is 0 Å². The van der Waals surface area contributed by atoms with Crippen LogP contribution < -0.4 is 9.47 Å². The lowest BCUT2D eigenvalue weighted by molar-refractivity contribution is 0.327. The first-order chi connectivity index (χ1) is 10.5. The van der Waals surface area contributed by atoms with Crippen LogP contribution in [0.1, 0.15) is 24.5 Å². The van der Waals surface area contributed by atoms with Gasteiger partial charge in [-0.3, -0.25) is 0 Å². The lowest BCUT2D eigenvalue weighted by Gasteiger charge is -2.19. The van der Waals surface area contributed by atoms with Crippen molar-refractivity contribution in [1.29, 1.82) is 0 Å². The minimum atomic E-state index is -0.0606. The number of aryl methyl sites for hydroxylation is 1. The number of aromatic hydroxyl groups is 2. The van der Waals surface area contributed by atoms with E-state index >= 15 is 0 Å². The predicted molar refractivity (Wildman–Crippen MR) is 87.0 cm³/mol. The van der Waals surface area contributed by atoms with Gasteiger partial charge in [0.1, 0.15) is 5.75 Å². The Balaban J connectivity index is 2.80. The molecule has 0 saturated heterocycles. The highest BCUT2D eigenvalue weighted by molar-refractivity contribution is 5.84. The highest BCUT2D eigenvalue weighted by Gasteiger charge is 2.25. The number of phenols is 2. The van der Waals surface area contributed by atoms with Crippen molar-refractivity contribution in [3.05, 3.63) is 35.4 Å². The molecule has 0 fully saturated rings. The molecule has 0 radical (unpaired) electrons. The summed E-state index contributed by atoms with van der Waals surface area (Å²) in [6.07, 6.45) is 1.35. The number of benzene rings is 2. The minimum absolute atomic E-state index is 0.0425. The Labute approximate surface area is 130 Å². The van der Waals surface area contributed by atoms with Gasteiger partial charge in [-0.15, -0.1) is 0 Å². The molecule has 2 rings (SSSR count). The number of ether oxygens (including phenoxy) is 2. The molecular formula is C18H22O4. The first-order valence-corrected chi connectivity index (χ1v) is 7.30. The van der Waals surface area contributed by atoms with Gasteiger partial charge in [0.05, 0.1) is 19.8 Å². The molecule has 0 aromatic heterocycles. The maximum Gasteiger partial charge on any atom is 0.204 e. The number of methoxy groups -OCH3 is 2. The van der Waals surface area contributed by atoms with Crippen molar-refractivity contribution in [2.45, 2.75) is 26.7 Å². The summed E-state index contributed by atoms with van der Waals surface area (Å²) in [7, 11) is 2.97. The Hall–Kier alpha value is -2.36. The smallest absolute Gasteiger partial charge is 0.204 e. The first-order valence-electron chi connectivity index (χ1n) is 7.30. The molecule has 0 unspecified atom stereocenters. The maximum absolute atomic E-state index is 10.7. The van der Waals surface area contributed by atoms with Crippen LogP contribution in [0.25, 0.3) is 11.1 Å². The molecule has 118 valence electrons. The third-order valence-corrected chi connectivity index (χ3v) is 3.71. The van der Waals surface area contributed by atoms with Crippen LogP contribution in [0.4, 0.5) is 0 Å². The third-order valence-electron chi connectivity index (χ3n) is 3.71. The van der Waals surface area contributed by atoms with Crippen LogP contribution in [0, 0.1) is 6.92 Å². The van der Waals surface area contributed by atoms with Crippen LogP contribution in [0.5, 0.6) is 23.0 Å². The molecule has 22 heavy (non-hydrogen) atoms. The Morgan fingerprint density at radius 2 is 1.50 bits per heavy atom. The molecule has 0 atom stereocenters. The largest absolute Gasteiger partial charge is 0.507 e. The van der Waals surface area contributed by atoms with E-state index in [2.05, 4.69) is 0 Å². The van der Waals surface area contributed by atoms with Crippen LogP contribution in [-0.4, -0.2) is 24.4 Å². The van der Waals surface area contributed by atoms with Crippen molar-refractivity contribution in [2.24, 2.45) is 0 Å². The van der Waals surface area contributed by atoms with Crippen molar-refractivity contribution in [3.8, 4) is 34.1 Å². The summed E-state index contributed by atoms with van der Waals surface area (Å²) in [6.45, 7) is 3.99. The van der Waals surface area contributed by atoms with Gasteiger partial charge in [0, 0.05) is 5.56 Å². The second-order valence-corrected chi connectivity index (χ2v) is 5.23. The lowest BCUT2D eigenvalue weighted by atomic mass is 9.96. The average Bonchev–Trinajstić information content (AvgIpc) is 2.52. The highest BCUT2D eigenvalue weighted by atomic mass is 16.5. The summed E-state index contributed by atoms with van der Waals surface area (Å²) in [5.41, 5.74) is 2.97. The molecule has 2 aromatic rings. The Bertz CT molecular complexity index is 660. The molecular weight excluding hydrogens is 280 g/mol. The van der Waals surface area contributed by atoms with Crippen LogP contribution in [0.2, 0.25) is 0 Å². The molecule has 0 saturated carbocycles. The molecule has 2 N–H and O–H groups in total. The van der Waals surface area contributed by atoms with Crippen molar-refractivity contribution in [1.82, 2.24) is 0 Å². The highest BCUT2D eigenvalue weighted by Crippen LogP contribution is 2.52. The fraction of sp³-hybridized carbons (Fsp3) is 0.333. The molecule has 4 nitrogen and oxygen atoms in total. The zero-order chi connectivity index (χ0) is 16.3. The second kappa shape index (κ2) is 6.60. The van der Waals surface area contributed by atoms with E-state index in [9.17, 15) is 10.2 Å². The zero-order valence-corrected chi connectivity index (χ0v) is 13.4. The van der Waals surface area contributed by atoms with Gasteiger partial charge in [0.15, 0.2) is 11.5 Å². The SMILES string of the molecule is CCCc1c(O)c(OC)c(OC)c(-c2ccc(C)cc2)c1O. The average molecular weight is 302 g/mol. The van der Waals surface area contributed by atoms with E-state index in [4.69, 9.17) is 9.47 Å². The summed E-state index contributed by atoms with van der Waals surface area (Å²) < 4.78 is 10.7. The summed E-state index contributed by atoms with van der Waals surface area (Å²) in [6, 6.07) is 7.76. The predicted octanol–water partition coefficient (Wildman–Crippen LogP) is 4.04. The van der Waals surface area contributed by atoms with Crippen molar-refractivity contribution in [2.75, 3.05) is 14.2 Å². The van der Waals surface area contributed by atoms with Gasteiger partial charge in [0.2, 0.25) is 5.75 Å². The molecule has 0 heterocycles. The molecule has 4 heteroatoms. The summed E-state index contributed by atoms with van der Waals surface area (Å²) >= 11 is 0. The monoisotopic (exact) mass is 302 g/mol. The van der Waals surface area contributed by atoms with Gasteiger partial charge < -0.3 is 19.7 Å². The molecule has 0 aliphatic rings. The quantitative estimate of drug-likeness (QED) is 0.875. The molecule has 0 bridgehead atoms. The zero-order valence-electron chi connectivity index (χ0n) is 13.4. The van der Waals surface area contributed by atoms with Crippen LogP contribution in [0.15, 0.2) is 24.3 Å². The number of hydrogen-bond acceptors (Lipinski definition) is 4. The van der Waals surface area contributed by atoms with Crippen molar-refractivity contribution < 1.29 is 19.7 Å². The third kappa shape index (κ3) is 2.69. The first kappa shape index (κ1) is 16.0. The van der Waals surface area contributed by atoms with Gasteiger partial charge in [-0.25, -0.2) is 0 Å². The van der Waals surface area contributed by atoms with E-state index in [1.807, 2.05) is 38.1 Å². The number of rotatable bonds is 5. The fourth-order valence-corrected chi connectivity index (χ4v) is 2.59. The number of hydrogen-bond donors (Lipinski definition) is 2. The van der Waals surface area contributed by atoms with Gasteiger partial charge in [-0.05, 0) is 18.9 Å². The van der Waals surface area contributed by atoms with Gasteiger partial charge in [0.25, 0.3) is 0 Å². The Morgan fingerprint density at radius 3 is 2.00 bits per heavy atom. The van der Waals surface area contributed by atoms with Gasteiger partial charge in [-0.1, -0.05) is 43.2 Å². The lowest BCUT2D eigenvalue weighted by Crippen LogP contribution is -1.99. The van der Waals surface area contributed by atoms with Crippen LogP contribution >= 0.6 is 0 Å². The standard InChI is InChI=1S/C18H22O4/c1-5-6-13-15(19)14(12-9-7-11(2)8-10-12)17(21-3)18(22-4)16(13)20/h7-10,19-20H,5-6H2,1-4H3. The Kier molecular flexibility index (Phi) is 4.81. The minimum Gasteiger partial charge on any atom is -0.507 e. The topological polar surface area (TPSA) is 58.9 Å². The molecule has 0 aliphatic carbocycles. The number of phenolic OH excluding ortho intramolecular Hbond substituents is 2. The molecule has 0 spiro atoms. The van der Waals surface area contributed by atoms with E-state index in [1.54, 1.807) is 0 Å².